The summed E-state index contributed by atoms with van der Waals surface area (Å²) < 4.78 is 20.5. The molecule has 1 heterocycles. The van der Waals surface area contributed by atoms with Crippen molar-refractivity contribution in [2.75, 3.05) is 13.2 Å². The van der Waals surface area contributed by atoms with Crippen molar-refractivity contribution in [3.05, 3.63) is 47.5 Å². The third-order valence-corrected chi connectivity index (χ3v) is 3.42. The Kier molecular flexibility index (Phi) is 5.00. The van der Waals surface area contributed by atoms with E-state index in [0.29, 0.717) is 5.56 Å². The van der Waals surface area contributed by atoms with E-state index in [4.69, 9.17) is 4.74 Å². The lowest BCUT2D eigenvalue weighted by atomic mass is 9.99. The van der Waals surface area contributed by atoms with Crippen LogP contribution in [0.1, 0.15) is 29.8 Å². The molecule has 1 unspecified atom stereocenters. The normalized spacial score (nSPS) is 13.4. The van der Waals surface area contributed by atoms with Gasteiger partial charge in [0.25, 0.3) is 5.91 Å². The fourth-order valence-corrected chi connectivity index (χ4v) is 2.13. The summed E-state index contributed by atoms with van der Waals surface area (Å²) in [5.41, 5.74) is -0.623. The van der Waals surface area contributed by atoms with E-state index >= 15 is 0 Å². The second-order valence-electron chi connectivity index (χ2n) is 5.41. The minimum Gasteiger partial charge on any atom is -0.490 e. The lowest BCUT2D eigenvalue weighted by molar-refractivity contribution is 0.0524. The van der Waals surface area contributed by atoms with Crippen molar-refractivity contribution in [3.63, 3.8) is 0 Å². The number of hydrogen-bond donors (Lipinski definition) is 2. The quantitative estimate of drug-likeness (QED) is 0.847. The predicted molar refractivity (Wildman–Crippen MR) is 82.7 cm³/mol. The van der Waals surface area contributed by atoms with Gasteiger partial charge in [0, 0.05) is 18.8 Å². The molecule has 2 aromatic rings. The SMILES string of the molecule is CCOc1c(F)cccc1C(=O)NCC(C)(O)c1cnn(C)c1. The van der Waals surface area contributed by atoms with E-state index in [1.54, 1.807) is 31.8 Å². The zero-order chi connectivity index (χ0) is 17.0. The maximum Gasteiger partial charge on any atom is 0.255 e. The van der Waals surface area contributed by atoms with Crippen molar-refractivity contribution in [1.29, 1.82) is 0 Å². The molecule has 2 rings (SSSR count). The molecular formula is C16H20FN3O3. The molecule has 124 valence electrons. The standard InChI is InChI=1S/C16H20FN3O3/c1-4-23-14-12(6-5-7-13(14)17)15(21)18-10-16(2,22)11-8-19-20(3)9-11/h5-9,22H,4,10H2,1-3H3,(H,18,21). The molecule has 0 fully saturated rings. The lowest BCUT2D eigenvalue weighted by Gasteiger charge is -2.22. The van der Waals surface area contributed by atoms with Crippen LogP contribution in [0.2, 0.25) is 0 Å². The summed E-state index contributed by atoms with van der Waals surface area (Å²) in [5, 5.41) is 17.0. The second-order valence-corrected chi connectivity index (χ2v) is 5.41. The van der Waals surface area contributed by atoms with E-state index < -0.39 is 17.3 Å². The first-order valence-electron chi connectivity index (χ1n) is 7.26. The molecule has 7 heteroatoms. The summed E-state index contributed by atoms with van der Waals surface area (Å²) >= 11 is 0. The number of carbonyl (C=O) groups is 1. The highest BCUT2D eigenvalue weighted by Crippen LogP contribution is 2.23. The van der Waals surface area contributed by atoms with Gasteiger partial charge in [0.15, 0.2) is 11.6 Å². The topological polar surface area (TPSA) is 76.4 Å². The molecule has 1 atom stereocenters. The molecule has 6 nitrogen and oxygen atoms in total. The van der Waals surface area contributed by atoms with Crippen LogP contribution in [0.4, 0.5) is 4.39 Å². The third kappa shape index (κ3) is 3.87. The van der Waals surface area contributed by atoms with Crippen LogP contribution in [0.5, 0.6) is 5.75 Å². The zero-order valence-electron chi connectivity index (χ0n) is 13.3. The Morgan fingerprint density at radius 3 is 2.87 bits per heavy atom. The fourth-order valence-electron chi connectivity index (χ4n) is 2.13. The summed E-state index contributed by atoms with van der Waals surface area (Å²) in [6.07, 6.45) is 3.19. The average molecular weight is 321 g/mol. The number of nitrogens with one attached hydrogen (secondary N) is 1. The molecule has 0 aliphatic carbocycles. The Morgan fingerprint density at radius 2 is 2.26 bits per heavy atom. The molecule has 2 N–H and O–H groups in total. The van der Waals surface area contributed by atoms with Crippen molar-refractivity contribution in [1.82, 2.24) is 15.1 Å². The molecule has 0 aliphatic rings. The number of ether oxygens (including phenoxy) is 1. The molecule has 0 radical (unpaired) electrons. The highest BCUT2D eigenvalue weighted by atomic mass is 19.1. The molecule has 1 aromatic heterocycles. The fraction of sp³-hybridized carbons (Fsp3) is 0.375. The largest absolute Gasteiger partial charge is 0.490 e. The van der Waals surface area contributed by atoms with Crippen LogP contribution in [-0.2, 0) is 12.6 Å². The van der Waals surface area contributed by atoms with Crippen LogP contribution in [0.3, 0.4) is 0 Å². The second kappa shape index (κ2) is 6.78. The number of aryl methyl sites for hydroxylation is 1. The number of para-hydroxylation sites is 1. The summed E-state index contributed by atoms with van der Waals surface area (Å²) in [6, 6.07) is 4.14. The Morgan fingerprint density at radius 1 is 1.52 bits per heavy atom. The van der Waals surface area contributed by atoms with Gasteiger partial charge in [-0.2, -0.15) is 5.10 Å². The van der Waals surface area contributed by atoms with Gasteiger partial charge < -0.3 is 15.2 Å². The van der Waals surface area contributed by atoms with Gasteiger partial charge >= 0.3 is 0 Å². The number of nitrogens with zero attached hydrogens (tertiary/aromatic N) is 2. The van der Waals surface area contributed by atoms with Crippen LogP contribution < -0.4 is 10.1 Å². The summed E-state index contributed by atoms with van der Waals surface area (Å²) in [4.78, 5) is 12.3. The Labute approximate surface area is 133 Å². The van der Waals surface area contributed by atoms with Gasteiger partial charge in [0.2, 0.25) is 0 Å². The molecule has 1 aromatic carbocycles. The summed E-state index contributed by atoms with van der Waals surface area (Å²) in [6.45, 7) is 3.48. The number of aliphatic hydroxyl groups is 1. The maximum atomic E-state index is 13.8. The first-order valence-corrected chi connectivity index (χ1v) is 7.26. The molecular weight excluding hydrogens is 301 g/mol. The number of amides is 1. The van der Waals surface area contributed by atoms with Crippen molar-refractivity contribution < 1.29 is 19.0 Å². The molecule has 0 bridgehead atoms. The van der Waals surface area contributed by atoms with Gasteiger partial charge in [0.05, 0.1) is 24.9 Å². The van der Waals surface area contributed by atoms with Crippen LogP contribution in [-0.4, -0.2) is 33.9 Å². The van der Waals surface area contributed by atoms with Gasteiger partial charge in [0.1, 0.15) is 5.60 Å². The number of rotatable bonds is 6. The molecule has 0 aliphatic heterocycles. The van der Waals surface area contributed by atoms with Crippen LogP contribution in [0.25, 0.3) is 0 Å². The number of halogens is 1. The number of carbonyl (C=O) groups excluding carboxylic acids is 1. The van der Waals surface area contributed by atoms with Crippen molar-refractivity contribution >= 4 is 5.91 Å². The van der Waals surface area contributed by atoms with Crippen molar-refractivity contribution in [3.8, 4) is 5.75 Å². The van der Waals surface area contributed by atoms with Crippen LogP contribution in [0.15, 0.2) is 30.6 Å². The van der Waals surface area contributed by atoms with Gasteiger partial charge in [-0.15, -0.1) is 0 Å². The molecule has 0 saturated heterocycles. The molecule has 23 heavy (non-hydrogen) atoms. The van der Waals surface area contributed by atoms with Gasteiger partial charge in [-0.3, -0.25) is 9.48 Å². The van der Waals surface area contributed by atoms with E-state index in [1.165, 1.54) is 24.4 Å². The monoisotopic (exact) mass is 321 g/mol. The van der Waals surface area contributed by atoms with E-state index in [2.05, 4.69) is 10.4 Å². The number of hydrogen-bond acceptors (Lipinski definition) is 4. The van der Waals surface area contributed by atoms with Crippen LogP contribution >= 0.6 is 0 Å². The molecule has 1 amide bonds. The number of aromatic nitrogens is 2. The average Bonchev–Trinajstić information content (AvgIpc) is 2.94. The summed E-state index contributed by atoms with van der Waals surface area (Å²) in [5.74, 6) is -1.20. The third-order valence-electron chi connectivity index (χ3n) is 3.42. The lowest BCUT2D eigenvalue weighted by Crippen LogP contribution is -2.38. The van der Waals surface area contributed by atoms with Crippen molar-refractivity contribution in [2.45, 2.75) is 19.4 Å². The highest BCUT2D eigenvalue weighted by molar-refractivity contribution is 5.97. The van der Waals surface area contributed by atoms with E-state index in [-0.39, 0.29) is 24.5 Å². The first-order chi connectivity index (χ1) is 10.8. The Bertz CT molecular complexity index is 698. The Hall–Kier alpha value is -2.41. The predicted octanol–water partition coefficient (Wildman–Crippen LogP) is 1.60. The highest BCUT2D eigenvalue weighted by Gasteiger charge is 2.26. The Balaban J connectivity index is 2.12. The first kappa shape index (κ1) is 17.0. The molecule has 0 spiro atoms. The maximum absolute atomic E-state index is 13.8. The van der Waals surface area contributed by atoms with E-state index in [9.17, 15) is 14.3 Å². The van der Waals surface area contributed by atoms with Gasteiger partial charge in [-0.25, -0.2) is 4.39 Å². The minimum absolute atomic E-state index is 0.0421. The van der Waals surface area contributed by atoms with Gasteiger partial charge in [-0.1, -0.05) is 6.07 Å². The van der Waals surface area contributed by atoms with E-state index in [1.807, 2.05) is 0 Å². The van der Waals surface area contributed by atoms with Gasteiger partial charge in [-0.05, 0) is 26.0 Å². The minimum atomic E-state index is -1.29. The zero-order valence-corrected chi connectivity index (χ0v) is 13.3. The molecule has 0 saturated carbocycles. The van der Waals surface area contributed by atoms with E-state index in [0.717, 1.165) is 0 Å². The smallest absolute Gasteiger partial charge is 0.255 e. The number of benzene rings is 1. The van der Waals surface area contributed by atoms with Crippen molar-refractivity contribution in [2.24, 2.45) is 7.05 Å². The van der Waals surface area contributed by atoms with Crippen LogP contribution in [0, 0.1) is 5.82 Å². The summed E-state index contributed by atoms with van der Waals surface area (Å²) in [7, 11) is 1.74.